The molecule has 27 heavy (non-hydrogen) atoms. The fourth-order valence-electron chi connectivity index (χ4n) is 2.71. The van der Waals surface area contributed by atoms with Crippen LogP contribution in [0.5, 0.6) is 5.75 Å². The highest BCUT2D eigenvalue weighted by molar-refractivity contribution is 7.22. The predicted octanol–water partition coefficient (Wildman–Crippen LogP) is 3.28. The Kier molecular flexibility index (Phi) is 4.55. The third-order valence-corrected chi connectivity index (χ3v) is 5.12. The molecule has 0 aliphatic heterocycles. The fourth-order valence-corrected chi connectivity index (χ4v) is 3.65. The van der Waals surface area contributed by atoms with E-state index in [1.807, 2.05) is 30.3 Å². The summed E-state index contributed by atoms with van der Waals surface area (Å²) in [5.74, 6) is 0.527. The van der Waals surface area contributed by atoms with Gasteiger partial charge in [-0.05, 0) is 29.8 Å². The molecule has 0 atom stereocenters. The summed E-state index contributed by atoms with van der Waals surface area (Å²) in [6.07, 6.45) is 5.20. The van der Waals surface area contributed by atoms with E-state index in [0.717, 1.165) is 21.5 Å². The van der Waals surface area contributed by atoms with Crippen molar-refractivity contribution < 1.29 is 9.53 Å². The first kappa shape index (κ1) is 17.2. The Labute approximate surface area is 159 Å². The summed E-state index contributed by atoms with van der Waals surface area (Å²) in [6, 6.07) is 11.2. The number of pyridine rings is 1. The van der Waals surface area contributed by atoms with Crippen LogP contribution in [0.25, 0.3) is 10.2 Å². The van der Waals surface area contributed by atoms with E-state index < -0.39 is 0 Å². The summed E-state index contributed by atoms with van der Waals surface area (Å²) in [5.41, 5.74) is 2.08. The van der Waals surface area contributed by atoms with Gasteiger partial charge in [0.1, 0.15) is 5.75 Å². The van der Waals surface area contributed by atoms with Crippen molar-refractivity contribution in [3.8, 4) is 5.75 Å². The first-order chi connectivity index (χ1) is 13.1. The van der Waals surface area contributed by atoms with Gasteiger partial charge < -0.3 is 4.74 Å². The molecule has 4 aromatic rings. The summed E-state index contributed by atoms with van der Waals surface area (Å²) >= 11 is 1.46. The molecule has 0 spiro atoms. The zero-order valence-electron chi connectivity index (χ0n) is 14.9. The molecule has 0 N–H and O–H groups in total. The first-order valence-corrected chi connectivity index (χ1v) is 9.10. The molecule has 0 aliphatic rings. The maximum atomic E-state index is 13.1. The molecular weight excluding hydrogens is 362 g/mol. The van der Waals surface area contributed by atoms with Gasteiger partial charge in [0, 0.05) is 31.7 Å². The van der Waals surface area contributed by atoms with Crippen molar-refractivity contribution in [3.63, 3.8) is 0 Å². The minimum absolute atomic E-state index is 0.203. The Bertz CT molecular complexity index is 1090. The van der Waals surface area contributed by atoms with Crippen molar-refractivity contribution in [1.82, 2.24) is 19.7 Å². The Balaban J connectivity index is 1.75. The van der Waals surface area contributed by atoms with Crippen LogP contribution in [0.2, 0.25) is 0 Å². The van der Waals surface area contributed by atoms with Gasteiger partial charge in [-0.3, -0.25) is 19.4 Å². The number of carbonyl (C=O) groups excluding carboxylic acids is 1. The van der Waals surface area contributed by atoms with Gasteiger partial charge in [-0.15, -0.1) is 0 Å². The number of carbonyl (C=O) groups is 1. The largest absolute Gasteiger partial charge is 0.497 e. The van der Waals surface area contributed by atoms with Crippen molar-refractivity contribution in [2.24, 2.45) is 7.05 Å². The molecule has 0 aliphatic carbocycles. The number of ether oxygens (including phenoxy) is 1. The number of thiazole rings is 1. The smallest absolute Gasteiger partial charge is 0.280 e. The van der Waals surface area contributed by atoms with Gasteiger partial charge in [-0.1, -0.05) is 17.4 Å². The van der Waals surface area contributed by atoms with E-state index >= 15 is 0 Å². The monoisotopic (exact) mass is 379 g/mol. The number of hydrogen-bond acceptors (Lipinski definition) is 6. The van der Waals surface area contributed by atoms with Crippen molar-refractivity contribution in [1.29, 1.82) is 0 Å². The Morgan fingerprint density at radius 3 is 2.89 bits per heavy atom. The number of methoxy groups -OCH3 is 1. The van der Waals surface area contributed by atoms with Crippen molar-refractivity contribution in [2.75, 3.05) is 12.0 Å². The van der Waals surface area contributed by atoms with Gasteiger partial charge in [0.15, 0.2) is 10.8 Å². The molecule has 136 valence electrons. The van der Waals surface area contributed by atoms with Crippen LogP contribution in [-0.4, -0.2) is 32.8 Å². The van der Waals surface area contributed by atoms with Gasteiger partial charge in [0.05, 0.1) is 23.9 Å². The van der Waals surface area contributed by atoms with E-state index in [9.17, 15) is 4.79 Å². The van der Waals surface area contributed by atoms with Gasteiger partial charge in [-0.25, -0.2) is 4.98 Å². The number of benzene rings is 1. The van der Waals surface area contributed by atoms with Gasteiger partial charge in [0.2, 0.25) is 0 Å². The average Bonchev–Trinajstić information content (AvgIpc) is 3.31. The second-order valence-electron chi connectivity index (χ2n) is 5.96. The fraction of sp³-hybridized carbons (Fsp3) is 0.158. The number of anilines is 1. The quantitative estimate of drug-likeness (QED) is 0.532. The number of hydrogen-bond donors (Lipinski definition) is 0. The SMILES string of the molecule is COc1ccc2sc(N(Cc3cccnc3)C(=O)c3ccn(C)n3)nc2c1. The molecule has 1 amide bonds. The van der Waals surface area contributed by atoms with E-state index in [-0.39, 0.29) is 5.91 Å². The number of nitrogens with zero attached hydrogens (tertiary/aromatic N) is 5. The zero-order valence-corrected chi connectivity index (χ0v) is 15.7. The van der Waals surface area contributed by atoms with Gasteiger partial charge in [-0.2, -0.15) is 5.10 Å². The maximum absolute atomic E-state index is 13.1. The lowest BCUT2D eigenvalue weighted by Gasteiger charge is -2.18. The molecule has 0 bridgehead atoms. The lowest BCUT2D eigenvalue weighted by molar-refractivity contribution is 0.0979. The molecule has 0 radical (unpaired) electrons. The van der Waals surface area contributed by atoms with E-state index in [4.69, 9.17) is 4.74 Å². The van der Waals surface area contributed by atoms with Crippen LogP contribution in [0, 0.1) is 0 Å². The highest BCUT2D eigenvalue weighted by atomic mass is 32.1. The average molecular weight is 379 g/mol. The van der Waals surface area contributed by atoms with Crippen LogP contribution in [0.4, 0.5) is 5.13 Å². The predicted molar refractivity (Wildman–Crippen MR) is 104 cm³/mol. The van der Waals surface area contributed by atoms with Crippen molar-refractivity contribution in [2.45, 2.75) is 6.54 Å². The number of amides is 1. The van der Waals surface area contributed by atoms with Crippen molar-refractivity contribution >= 4 is 32.6 Å². The molecular formula is C19H17N5O2S. The topological polar surface area (TPSA) is 73.1 Å². The van der Waals surface area contributed by atoms with Gasteiger partial charge >= 0.3 is 0 Å². The maximum Gasteiger partial charge on any atom is 0.280 e. The van der Waals surface area contributed by atoms with E-state index in [1.54, 1.807) is 48.4 Å². The third-order valence-electron chi connectivity index (χ3n) is 4.06. The van der Waals surface area contributed by atoms with Crippen LogP contribution >= 0.6 is 11.3 Å². The second-order valence-corrected chi connectivity index (χ2v) is 6.97. The highest BCUT2D eigenvalue weighted by Gasteiger charge is 2.23. The summed E-state index contributed by atoms with van der Waals surface area (Å²) in [6.45, 7) is 0.361. The second kappa shape index (κ2) is 7.16. The Hall–Kier alpha value is -3.26. The first-order valence-electron chi connectivity index (χ1n) is 8.29. The molecule has 0 unspecified atom stereocenters. The van der Waals surface area contributed by atoms with E-state index in [0.29, 0.717) is 17.4 Å². The molecule has 0 saturated carbocycles. The molecule has 0 fully saturated rings. The van der Waals surface area contributed by atoms with Crippen LogP contribution in [0.3, 0.4) is 0 Å². The summed E-state index contributed by atoms with van der Waals surface area (Å²) in [4.78, 5) is 23.6. The van der Waals surface area contributed by atoms with Crippen LogP contribution < -0.4 is 9.64 Å². The van der Waals surface area contributed by atoms with Crippen molar-refractivity contribution in [3.05, 3.63) is 66.2 Å². The summed E-state index contributed by atoms with van der Waals surface area (Å²) in [7, 11) is 3.40. The highest BCUT2D eigenvalue weighted by Crippen LogP contribution is 2.32. The number of aryl methyl sites for hydroxylation is 1. The molecule has 8 heteroatoms. The molecule has 7 nitrogen and oxygen atoms in total. The molecule has 3 aromatic heterocycles. The minimum Gasteiger partial charge on any atom is -0.497 e. The lowest BCUT2D eigenvalue weighted by atomic mass is 10.2. The number of fused-ring (bicyclic) bond motifs is 1. The normalized spacial score (nSPS) is 10.9. The zero-order chi connectivity index (χ0) is 18.8. The Morgan fingerprint density at radius 2 is 2.19 bits per heavy atom. The van der Waals surface area contributed by atoms with Crippen LogP contribution in [0.1, 0.15) is 16.1 Å². The third kappa shape index (κ3) is 3.52. The standard InChI is InChI=1S/C19H17N5O2S/c1-23-9-7-15(22-23)18(25)24(12-13-4-3-8-20-11-13)19-21-16-10-14(26-2)5-6-17(16)27-19/h3-11H,12H2,1-2H3. The lowest BCUT2D eigenvalue weighted by Crippen LogP contribution is -2.30. The van der Waals surface area contributed by atoms with Crippen LogP contribution in [0.15, 0.2) is 55.0 Å². The molecule has 3 heterocycles. The minimum atomic E-state index is -0.203. The number of rotatable bonds is 5. The summed E-state index contributed by atoms with van der Waals surface area (Å²) < 4.78 is 7.86. The van der Waals surface area contributed by atoms with Gasteiger partial charge in [0.25, 0.3) is 5.91 Å². The van der Waals surface area contributed by atoms with E-state index in [2.05, 4.69) is 15.1 Å². The number of aromatic nitrogens is 4. The molecule has 4 rings (SSSR count). The Morgan fingerprint density at radius 1 is 1.30 bits per heavy atom. The molecule has 1 aromatic carbocycles. The van der Waals surface area contributed by atoms with Crippen LogP contribution in [-0.2, 0) is 13.6 Å². The summed E-state index contributed by atoms with van der Waals surface area (Å²) in [5, 5.41) is 4.86. The molecule has 0 saturated heterocycles. The van der Waals surface area contributed by atoms with E-state index in [1.165, 1.54) is 11.3 Å².